The van der Waals surface area contributed by atoms with Crippen LogP contribution in [0.25, 0.3) is 0 Å². The van der Waals surface area contributed by atoms with Crippen LogP contribution < -0.4 is 5.32 Å². The zero-order valence-electron chi connectivity index (χ0n) is 13.1. The molecule has 0 radical (unpaired) electrons. The second kappa shape index (κ2) is 5.01. The summed E-state index contributed by atoms with van der Waals surface area (Å²) in [4.78, 5) is 13.4. The van der Waals surface area contributed by atoms with Crippen LogP contribution in [-0.4, -0.2) is 22.6 Å². The molecule has 1 fully saturated rings. The molecule has 2 aromatic rings. The van der Waals surface area contributed by atoms with Crippen LogP contribution in [-0.2, 0) is 0 Å². The molecule has 4 rings (SSSR count). The van der Waals surface area contributed by atoms with Gasteiger partial charge in [-0.1, -0.05) is 55.5 Å². The molecule has 2 aliphatic heterocycles. The van der Waals surface area contributed by atoms with E-state index in [1.54, 1.807) is 4.90 Å². The molecule has 0 aromatic heterocycles. The maximum absolute atomic E-state index is 11.8. The highest BCUT2D eigenvalue weighted by Crippen LogP contribution is 2.59. The third-order valence-electron chi connectivity index (χ3n) is 5.42. The number of rotatable bonds is 1. The summed E-state index contributed by atoms with van der Waals surface area (Å²) in [6.07, 6.45) is 0.0208. The van der Waals surface area contributed by atoms with Crippen molar-refractivity contribution in [1.82, 2.24) is 4.90 Å². The first-order valence-electron chi connectivity index (χ1n) is 8.01. The predicted octanol–water partition coefficient (Wildman–Crippen LogP) is 4.28. The maximum Gasteiger partial charge on any atom is 0.407 e. The summed E-state index contributed by atoms with van der Waals surface area (Å²) in [6.45, 7) is 2.79. The summed E-state index contributed by atoms with van der Waals surface area (Å²) in [5, 5.41) is 13.3. The SMILES string of the molecule is C[C@]12CCN(C(=O)O)[C@H]1c1ccccc1N[C@H]2c1ccccc1. The van der Waals surface area contributed by atoms with Gasteiger partial charge in [0.25, 0.3) is 0 Å². The van der Waals surface area contributed by atoms with Crippen molar-refractivity contribution in [2.75, 3.05) is 11.9 Å². The molecule has 23 heavy (non-hydrogen) atoms. The summed E-state index contributed by atoms with van der Waals surface area (Å²) >= 11 is 0. The van der Waals surface area contributed by atoms with Gasteiger partial charge in [0.05, 0.1) is 12.1 Å². The number of nitrogens with one attached hydrogen (secondary N) is 1. The molecule has 4 heteroatoms. The number of carbonyl (C=O) groups is 1. The van der Waals surface area contributed by atoms with Gasteiger partial charge in [0.1, 0.15) is 0 Å². The zero-order chi connectivity index (χ0) is 16.0. The molecule has 0 bridgehead atoms. The number of likely N-dealkylation sites (tertiary alicyclic amines) is 1. The highest BCUT2D eigenvalue weighted by atomic mass is 16.4. The number of benzene rings is 2. The minimum Gasteiger partial charge on any atom is -0.465 e. The van der Waals surface area contributed by atoms with Crippen molar-refractivity contribution in [3.63, 3.8) is 0 Å². The lowest BCUT2D eigenvalue weighted by molar-refractivity contribution is 0.110. The number of anilines is 1. The lowest BCUT2D eigenvalue weighted by Gasteiger charge is -2.46. The average molecular weight is 308 g/mol. The summed E-state index contributed by atoms with van der Waals surface area (Å²) < 4.78 is 0. The molecule has 2 aliphatic rings. The molecule has 3 atom stereocenters. The van der Waals surface area contributed by atoms with Gasteiger partial charge in [0.2, 0.25) is 0 Å². The average Bonchev–Trinajstić information content (AvgIpc) is 2.93. The molecule has 0 unspecified atom stereocenters. The molecule has 2 N–H and O–H groups in total. The first-order chi connectivity index (χ1) is 11.1. The minimum atomic E-state index is -0.831. The van der Waals surface area contributed by atoms with Gasteiger partial charge >= 0.3 is 6.09 Å². The Hall–Kier alpha value is -2.49. The van der Waals surface area contributed by atoms with Crippen molar-refractivity contribution in [3.8, 4) is 0 Å². The van der Waals surface area contributed by atoms with Crippen molar-refractivity contribution in [1.29, 1.82) is 0 Å². The number of nitrogens with zero attached hydrogens (tertiary/aromatic N) is 1. The Morgan fingerprint density at radius 2 is 1.87 bits per heavy atom. The second-order valence-corrected chi connectivity index (χ2v) is 6.71. The monoisotopic (exact) mass is 308 g/mol. The van der Waals surface area contributed by atoms with E-state index in [1.807, 2.05) is 42.5 Å². The molecular weight excluding hydrogens is 288 g/mol. The standard InChI is InChI=1S/C19H20N2O2/c1-19-11-12-21(18(22)23)17(19)14-9-5-6-10-15(14)20-16(19)13-7-3-2-4-8-13/h2-10,16-17,20H,11-12H2,1H3,(H,22,23)/t16-,17-,19+/m0/s1. The fourth-order valence-electron chi connectivity index (χ4n) is 4.31. The molecule has 2 aromatic carbocycles. The van der Waals surface area contributed by atoms with Gasteiger partial charge in [0.15, 0.2) is 0 Å². The van der Waals surface area contributed by atoms with Crippen LogP contribution in [0, 0.1) is 5.41 Å². The summed E-state index contributed by atoms with van der Waals surface area (Å²) in [5.41, 5.74) is 3.18. The third-order valence-corrected chi connectivity index (χ3v) is 5.42. The summed E-state index contributed by atoms with van der Waals surface area (Å²) in [5.74, 6) is 0. The highest BCUT2D eigenvalue weighted by Gasteiger charge is 2.54. The predicted molar refractivity (Wildman–Crippen MR) is 89.4 cm³/mol. The molecular formula is C19H20N2O2. The van der Waals surface area contributed by atoms with Crippen molar-refractivity contribution in [2.45, 2.75) is 25.4 Å². The van der Waals surface area contributed by atoms with Gasteiger partial charge in [-0.25, -0.2) is 4.79 Å². The molecule has 1 saturated heterocycles. The number of fused-ring (bicyclic) bond motifs is 3. The fourth-order valence-corrected chi connectivity index (χ4v) is 4.31. The number of hydrogen-bond acceptors (Lipinski definition) is 2. The van der Waals surface area contributed by atoms with Crippen LogP contribution in [0.15, 0.2) is 54.6 Å². The Bertz CT molecular complexity index is 746. The lowest BCUT2D eigenvalue weighted by Crippen LogP contribution is -2.43. The molecule has 4 nitrogen and oxygen atoms in total. The van der Waals surface area contributed by atoms with Crippen LogP contribution in [0.3, 0.4) is 0 Å². The molecule has 0 aliphatic carbocycles. The number of carboxylic acid groups (broad SMARTS) is 1. The van der Waals surface area contributed by atoms with E-state index in [0.717, 1.165) is 17.7 Å². The Morgan fingerprint density at radius 1 is 1.17 bits per heavy atom. The Kier molecular flexibility index (Phi) is 3.08. The van der Waals surface area contributed by atoms with E-state index in [2.05, 4.69) is 24.4 Å². The largest absolute Gasteiger partial charge is 0.465 e. The Labute approximate surface area is 135 Å². The molecule has 0 spiro atoms. The van der Waals surface area contributed by atoms with E-state index in [1.165, 1.54) is 5.56 Å². The van der Waals surface area contributed by atoms with Gasteiger partial charge in [-0.3, -0.25) is 0 Å². The summed E-state index contributed by atoms with van der Waals surface area (Å²) in [6, 6.07) is 18.4. The van der Waals surface area contributed by atoms with Crippen LogP contribution in [0.5, 0.6) is 0 Å². The molecule has 118 valence electrons. The lowest BCUT2D eigenvalue weighted by atomic mass is 9.68. The molecule has 1 amide bonds. The maximum atomic E-state index is 11.8. The van der Waals surface area contributed by atoms with Crippen molar-refractivity contribution >= 4 is 11.8 Å². The van der Waals surface area contributed by atoms with Crippen LogP contribution in [0.2, 0.25) is 0 Å². The number of amides is 1. The van der Waals surface area contributed by atoms with E-state index in [-0.39, 0.29) is 17.5 Å². The van der Waals surface area contributed by atoms with Crippen LogP contribution >= 0.6 is 0 Å². The third kappa shape index (κ3) is 2.01. The second-order valence-electron chi connectivity index (χ2n) is 6.71. The molecule has 0 saturated carbocycles. The van der Waals surface area contributed by atoms with Crippen molar-refractivity contribution in [3.05, 3.63) is 65.7 Å². The van der Waals surface area contributed by atoms with Gasteiger partial charge < -0.3 is 15.3 Å². The van der Waals surface area contributed by atoms with Crippen molar-refractivity contribution < 1.29 is 9.90 Å². The van der Waals surface area contributed by atoms with Gasteiger partial charge in [-0.15, -0.1) is 0 Å². The van der Waals surface area contributed by atoms with Gasteiger partial charge in [0, 0.05) is 17.6 Å². The first-order valence-corrected chi connectivity index (χ1v) is 8.01. The molecule has 2 heterocycles. The smallest absolute Gasteiger partial charge is 0.407 e. The summed E-state index contributed by atoms with van der Waals surface area (Å²) in [7, 11) is 0. The van der Waals surface area contributed by atoms with E-state index in [9.17, 15) is 9.90 Å². The zero-order valence-corrected chi connectivity index (χ0v) is 13.1. The Morgan fingerprint density at radius 3 is 2.61 bits per heavy atom. The van der Waals surface area contributed by atoms with Gasteiger partial charge in [-0.05, 0) is 23.6 Å². The topological polar surface area (TPSA) is 52.6 Å². The number of hydrogen-bond donors (Lipinski definition) is 2. The van der Waals surface area contributed by atoms with E-state index < -0.39 is 6.09 Å². The fraction of sp³-hybridized carbons (Fsp3) is 0.316. The number of para-hydroxylation sites is 1. The van der Waals surface area contributed by atoms with E-state index >= 15 is 0 Å². The van der Waals surface area contributed by atoms with E-state index in [0.29, 0.717) is 6.54 Å². The minimum absolute atomic E-state index is 0.105. The first kappa shape index (κ1) is 14.1. The van der Waals surface area contributed by atoms with Gasteiger partial charge in [-0.2, -0.15) is 0 Å². The van der Waals surface area contributed by atoms with Crippen molar-refractivity contribution in [2.24, 2.45) is 5.41 Å². The van der Waals surface area contributed by atoms with Crippen LogP contribution in [0.4, 0.5) is 10.5 Å². The quantitative estimate of drug-likeness (QED) is 0.826. The normalized spacial score (nSPS) is 28.7. The van der Waals surface area contributed by atoms with E-state index in [4.69, 9.17) is 0 Å². The Balaban J connectivity index is 1.88. The highest BCUT2D eigenvalue weighted by molar-refractivity contribution is 5.69. The van der Waals surface area contributed by atoms with Crippen LogP contribution in [0.1, 0.15) is 36.6 Å².